The lowest BCUT2D eigenvalue weighted by Crippen LogP contribution is -2.29. The first-order valence-electron chi connectivity index (χ1n) is 5.99. The summed E-state index contributed by atoms with van der Waals surface area (Å²) in [4.78, 5) is 11.3. The number of amides is 1. The molecule has 1 aromatic carbocycles. The predicted molar refractivity (Wildman–Crippen MR) is 69.1 cm³/mol. The highest BCUT2D eigenvalue weighted by atomic mass is 16.5. The summed E-state index contributed by atoms with van der Waals surface area (Å²) < 4.78 is 5.93. The Morgan fingerprint density at radius 3 is 2.12 bits per heavy atom. The van der Waals surface area contributed by atoms with Gasteiger partial charge in [-0.25, -0.2) is 0 Å². The molecule has 0 atom stereocenters. The van der Waals surface area contributed by atoms with Crippen LogP contribution in [0, 0.1) is 11.8 Å². The minimum Gasteiger partial charge on any atom is -0.489 e. The molecular weight excluding hydrogens is 214 g/mol. The minimum atomic E-state index is -0.452. The third-order valence-electron chi connectivity index (χ3n) is 2.73. The molecule has 1 amide bonds. The zero-order chi connectivity index (χ0) is 13.0. The first kappa shape index (κ1) is 13.6. The second-order valence-electron chi connectivity index (χ2n) is 4.93. The Bertz CT molecular complexity index is 378. The van der Waals surface area contributed by atoms with E-state index < -0.39 is 5.91 Å². The van der Waals surface area contributed by atoms with Crippen LogP contribution in [0.3, 0.4) is 0 Å². The van der Waals surface area contributed by atoms with Crippen molar-refractivity contribution in [2.24, 2.45) is 17.6 Å². The summed E-state index contributed by atoms with van der Waals surface area (Å²) >= 11 is 0. The Hall–Kier alpha value is -1.51. The number of nitrogens with two attached hydrogens (primary N) is 1. The van der Waals surface area contributed by atoms with Gasteiger partial charge in [0.15, 0.2) is 0 Å². The molecule has 0 aromatic heterocycles. The molecule has 3 nitrogen and oxygen atoms in total. The lowest BCUT2D eigenvalue weighted by molar-refractivity contribution is 0.0939. The van der Waals surface area contributed by atoms with E-state index in [0.29, 0.717) is 23.1 Å². The molecule has 2 N–H and O–H groups in total. The van der Waals surface area contributed by atoms with E-state index in [1.807, 2.05) is 6.07 Å². The van der Waals surface area contributed by atoms with Gasteiger partial charge in [-0.3, -0.25) is 4.79 Å². The fraction of sp³-hybridized carbons (Fsp3) is 0.500. The van der Waals surface area contributed by atoms with Crippen LogP contribution in [-0.2, 0) is 0 Å². The van der Waals surface area contributed by atoms with Crippen LogP contribution >= 0.6 is 0 Å². The van der Waals surface area contributed by atoms with Crippen molar-refractivity contribution in [1.29, 1.82) is 0 Å². The van der Waals surface area contributed by atoms with Crippen LogP contribution in [0.15, 0.2) is 24.3 Å². The van der Waals surface area contributed by atoms with E-state index in [9.17, 15) is 4.79 Å². The average molecular weight is 235 g/mol. The maximum atomic E-state index is 11.3. The topological polar surface area (TPSA) is 52.3 Å². The summed E-state index contributed by atoms with van der Waals surface area (Å²) in [6.45, 7) is 8.43. The predicted octanol–water partition coefficient (Wildman–Crippen LogP) is 2.84. The average Bonchev–Trinajstić information content (AvgIpc) is 2.25. The maximum Gasteiger partial charge on any atom is 0.252 e. The second kappa shape index (κ2) is 5.71. The van der Waals surface area contributed by atoms with Gasteiger partial charge < -0.3 is 10.5 Å². The van der Waals surface area contributed by atoms with Gasteiger partial charge in [-0.1, -0.05) is 39.8 Å². The third kappa shape index (κ3) is 3.48. The molecule has 0 radical (unpaired) electrons. The van der Waals surface area contributed by atoms with Crippen LogP contribution in [0.4, 0.5) is 0 Å². The number of carbonyl (C=O) groups excluding carboxylic acids is 1. The van der Waals surface area contributed by atoms with Gasteiger partial charge in [0.2, 0.25) is 0 Å². The van der Waals surface area contributed by atoms with Gasteiger partial charge in [0, 0.05) is 0 Å². The van der Waals surface area contributed by atoms with E-state index in [0.717, 1.165) is 0 Å². The number of ether oxygens (including phenoxy) is 1. The van der Waals surface area contributed by atoms with Gasteiger partial charge in [0.25, 0.3) is 5.91 Å². The molecule has 0 aliphatic rings. The SMILES string of the molecule is CC(C)C(Oc1ccccc1C(N)=O)C(C)C. The van der Waals surface area contributed by atoms with E-state index in [2.05, 4.69) is 27.7 Å². The van der Waals surface area contributed by atoms with Crippen molar-refractivity contribution >= 4 is 5.91 Å². The summed E-state index contributed by atoms with van der Waals surface area (Å²) in [7, 11) is 0. The summed E-state index contributed by atoms with van der Waals surface area (Å²) in [6.07, 6.45) is 0.0792. The zero-order valence-corrected chi connectivity index (χ0v) is 10.9. The first-order valence-corrected chi connectivity index (χ1v) is 5.99. The molecule has 0 unspecified atom stereocenters. The summed E-state index contributed by atoms with van der Waals surface area (Å²) in [5.41, 5.74) is 5.77. The molecule has 94 valence electrons. The van der Waals surface area contributed by atoms with Crippen molar-refractivity contribution in [2.45, 2.75) is 33.8 Å². The van der Waals surface area contributed by atoms with Crippen molar-refractivity contribution in [2.75, 3.05) is 0 Å². The number of carbonyl (C=O) groups is 1. The van der Waals surface area contributed by atoms with Crippen molar-refractivity contribution in [3.8, 4) is 5.75 Å². The highest BCUT2D eigenvalue weighted by Gasteiger charge is 2.21. The minimum absolute atomic E-state index is 0.0792. The van der Waals surface area contributed by atoms with Crippen molar-refractivity contribution < 1.29 is 9.53 Å². The van der Waals surface area contributed by atoms with Crippen LogP contribution in [-0.4, -0.2) is 12.0 Å². The number of hydrogen-bond acceptors (Lipinski definition) is 2. The van der Waals surface area contributed by atoms with Gasteiger partial charge in [-0.2, -0.15) is 0 Å². The summed E-state index contributed by atoms with van der Waals surface area (Å²) in [5.74, 6) is 0.895. The van der Waals surface area contributed by atoms with E-state index in [1.54, 1.807) is 18.2 Å². The molecular formula is C14H21NO2. The molecule has 0 heterocycles. The largest absolute Gasteiger partial charge is 0.489 e. The molecule has 0 aliphatic carbocycles. The Kier molecular flexibility index (Phi) is 4.55. The van der Waals surface area contributed by atoms with E-state index in [-0.39, 0.29) is 6.10 Å². The number of rotatable bonds is 5. The van der Waals surface area contributed by atoms with Crippen LogP contribution in [0.5, 0.6) is 5.75 Å². The van der Waals surface area contributed by atoms with E-state index in [4.69, 9.17) is 10.5 Å². The molecule has 3 heteroatoms. The van der Waals surface area contributed by atoms with Gasteiger partial charge in [-0.15, -0.1) is 0 Å². The fourth-order valence-corrected chi connectivity index (χ4v) is 1.96. The van der Waals surface area contributed by atoms with Crippen LogP contribution < -0.4 is 10.5 Å². The van der Waals surface area contributed by atoms with Crippen LogP contribution in [0.25, 0.3) is 0 Å². The van der Waals surface area contributed by atoms with Crippen LogP contribution in [0.1, 0.15) is 38.1 Å². The zero-order valence-electron chi connectivity index (χ0n) is 10.9. The molecule has 0 saturated heterocycles. The maximum absolute atomic E-state index is 11.3. The monoisotopic (exact) mass is 235 g/mol. The molecule has 0 spiro atoms. The molecule has 0 saturated carbocycles. The number of primary amides is 1. The highest BCUT2D eigenvalue weighted by molar-refractivity contribution is 5.95. The Morgan fingerprint density at radius 1 is 1.12 bits per heavy atom. The van der Waals surface area contributed by atoms with Gasteiger partial charge in [0.05, 0.1) is 5.56 Å². The highest BCUT2D eigenvalue weighted by Crippen LogP contribution is 2.24. The van der Waals surface area contributed by atoms with Crippen molar-refractivity contribution in [3.63, 3.8) is 0 Å². The molecule has 0 fully saturated rings. The third-order valence-corrected chi connectivity index (χ3v) is 2.73. The lowest BCUT2D eigenvalue weighted by atomic mass is 9.96. The Morgan fingerprint density at radius 2 is 1.65 bits per heavy atom. The standard InChI is InChI=1S/C14H21NO2/c1-9(2)13(10(3)4)17-12-8-6-5-7-11(12)14(15)16/h5-10,13H,1-4H3,(H2,15,16). The van der Waals surface area contributed by atoms with Gasteiger partial charge in [-0.05, 0) is 24.0 Å². The smallest absolute Gasteiger partial charge is 0.252 e. The molecule has 1 rings (SSSR count). The van der Waals surface area contributed by atoms with Gasteiger partial charge >= 0.3 is 0 Å². The van der Waals surface area contributed by atoms with Crippen LogP contribution in [0.2, 0.25) is 0 Å². The molecule has 0 bridgehead atoms. The molecule has 0 aliphatic heterocycles. The van der Waals surface area contributed by atoms with Crippen molar-refractivity contribution in [3.05, 3.63) is 29.8 Å². The Balaban J connectivity index is 2.97. The van der Waals surface area contributed by atoms with Crippen molar-refractivity contribution in [1.82, 2.24) is 0 Å². The quantitative estimate of drug-likeness (QED) is 0.853. The first-order chi connectivity index (χ1) is 7.93. The van der Waals surface area contributed by atoms with E-state index >= 15 is 0 Å². The second-order valence-corrected chi connectivity index (χ2v) is 4.93. The normalized spacial score (nSPS) is 11.2. The number of para-hydroxylation sites is 1. The summed E-state index contributed by atoms with van der Waals surface area (Å²) in [6, 6.07) is 7.11. The summed E-state index contributed by atoms with van der Waals surface area (Å²) in [5, 5.41) is 0. The molecule has 1 aromatic rings. The number of hydrogen-bond donors (Lipinski definition) is 1. The molecule has 17 heavy (non-hydrogen) atoms. The van der Waals surface area contributed by atoms with E-state index in [1.165, 1.54) is 0 Å². The Labute approximate surface area is 103 Å². The fourth-order valence-electron chi connectivity index (χ4n) is 1.96. The number of benzene rings is 1. The lowest BCUT2D eigenvalue weighted by Gasteiger charge is -2.26. The van der Waals surface area contributed by atoms with Gasteiger partial charge in [0.1, 0.15) is 11.9 Å².